The molecular formula is C23H26N4OS. The van der Waals surface area contributed by atoms with Crippen LogP contribution in [-0.2, 0) is 17.8 Å². The zero-order valence-electron chi connectivity index (χ0n) is 16.8. The zero-order valence-corrected chi connectivity index (χ0v) is 17.6. The zero-order chi connectivity index (χ0) is 19.8. The van der Waals surface area contributed by atoms with E-state index in [9.17, 15) is 4.79 Å². The van der Waals surface area contributed by atoms with E-state index in [4.69, 9.17) is 4.98 Å². The van der Waals surface area contributed by atoms with E-state index >= 15 is 0 Å². The minimum absolute atomic E-state index is 0.0715. The Labute approximate surface area is 175 Å². The fourth-order valence-corrected chi connectivity index (χ4v) is 5.42. The lowest BCUT2D eigenvalue weighted by molar-refractivity contribution is -0.137. The molecule has 29 heavy (non-hydrogen) atoms. The van der Waals surface area contributed by atoms with Gasteiger partial charge in [-0.1, -0.05) is 47.7 Å². The van der Waals surface area contributed by atoms with Crippen LogP contribution in [-0.4, -0.2) is 59.5 Å². The summed E-state index contributed by atoms with van der Waals surface area (Å²) in [6.45, 7) is 7.26. The molecule has 150 valence electrons. The summed E-state index contributed by atoms with van der Waals surface area (Å²) in [4.78, 5) is 24.6. The maximum absolute atomic E-state index is 13.1. The molecule has 5 rings (SSSR count). The minimum Gasteiger partial charge on any atom is -0.345 e. The van der Waals surface area contributed by atoms with E-state index in [2.05, 4.69) is 59.2 Å². The van der Waals surface area contributed by atoms with E-state index in [-0.39, 0.29) is 11.9 Å². The summed E-state index contributed by atoms with van der Waals surface area (Å²) in [7, 11) is 0. The molecule has 0 aliphatic carbocycles. The van der Waals surface area contributed by atoms with Crippen molar-refractivity contribution >= 4 is 32.6 Å². The Balaban J connectivity index is 1.21. The molecule has 1 atom stereocenters. The van der Waals surface area contributed by atoms with Crippen LogP contribution < -0.4 is 4.90 Å². The molecule has 5 nitrogen and oxygen atoms in total. The van der Waals surface area contributed by atoms with Gasteiger partial charge in [0.25, 0.3) is 0 Å². The molecule has 2 aliphatic rings. The van der Waals surface area contributed by atoms with Gasteiger partial charge in [0.15, 0.2) is 5.13 Å². The number of nitrogens with zero attached hydrogens (tertiary/aromatic N) is 4. The molecule has 1 saturated heterocycles. The fraction of sp³-hybridized carbons (Fsp3) is 0.391. The molecule has 2 aromatic carbocycles. The highest BCUT2D eigenvalue weighted by atomic mass is 32.1. The van der Waals surface area contributed by atoms with Crippen LogP contribution in [0.1, 0.15) is 18.1 Å². The number of piperazine rings is 1. The Kier molecular flexibility index (Phi) is 4.97. The van der Waals surface area contributed by atoms with Crippen molar-refractivity contribution in [3.8, 4) is 0 Å². The van der Waals surface area contributed by atoms with Crippen LogP contribution in [0, 0.1) is 0 Å². The van der Waals surface area contributed by atoms with Gasteiger partial charge in [-0.05, 0) is 36.6 Å². The van der Waals surface area contributed by atoms with Crippen LogP contribution in [0.2, 0.25) is 0 Å². The van der Waals surface area contributed by atoms with Crippen molar-refractivity contribution in [1.82, 2.24) is 14.8 Å². The monoisotopic (exact) mass is 406 g/mol. The highest BCUT2D eigenvalue weighted by Gasteiger charge is 2.30. The first-order valence-corrected chi connectivity index (χ1v) is 11.2. The van der Waals surface area contributed by atoms with E-state index in [0.717, 1.165) is 56.3 Å². The summed E-state index contributed by atoms with van der Waals surface area (Å²) in [6.07, 6.45) is 0.958. The summed E-state index contributed by atoms with van der Waals surface area (Å²) in [6, 6.07) is 16.7. The molecule has 6 heteroatoms. The van der Waals surface area contributed by atoms with Gasteiger partial charge in [-0.2, -0.15) is 0 Å². The number of aromatic nitrogens is 1. The number of fused-ring (bicyclic) bond motifs is 2. The third-order valence-corrected chi connectivity index (χ3v) is 7.31. The topological polar surface area (TPSA) is 39.7 Å². The van der Waals surface area contributed by atoms with E-state index in [0.29, 0.717) is 0 Å². The predicted molar refractivity (Wildman–Crippen MR) is 118 cm³/mol. The third-order valence-electron chi connectivity index (χ3n) is 6.21. The molecule has 1 amide bonds. The number of carbonyl (C=O) groups is 1. The summed E-state index contributed by atoms with van der Waals surface area (Å²) < 4.78 is 1.24. The molecule has 2 aliphatic heterocycles. The van der Waals surface area contributed by atoms with Gasteiger partial charge in [0.2, 0.25) is 5.91 Å². The SMILES string of the molecule is CC(C(=O)N1CCc2ccccc2C1)N1CCN(c2nc3ccccc3s2)CC1. The van der Waals surface area contributed by atoms with Crippen molar-refractivity contribution in [3.63, 3.8) is 0 Å². The first kappa shape index (κ1) is 18.6. The van der Waals surface area contributed by atoms with Crippen LogP contribution in [0.25, 0.3) is 10.2 Å². The largest absolute Gasteiger partial charge is 0.345 e. The molecule has 0 bridgehead atoms. The van der Waals surface area contributed by atoms with Gasteiger partial charge in [0.05, 0.1) is 16.3 Å². The van der Waals surface area contributed by atoms with Crippen molar-refractivity contribution < 1.29 is 4.79 Å². The van der Waals surface area contributed by atoms with E-state index in [1.807, 2.05) is 11.0 Å². The molecular weight excluding hydrogens is 380 g/mol. The predicted octanol–water partition coefficient (Wildman–Crippen LogP) is 3.39. The Hall–Kier alpha value is -2.44. The number of thiazole rings is 1. The van der Waals surface area contributed by atoms with Gasteiger partial charge in [-0.15, -0.1) is 0 Å². The van der Waals surface area contributed by atoms with Crippen LogP contribution >= 0.6 is 11.3 Å². The highest BCUT2D eigenvalue weighted by molar-refractivity contribution is 7.22. The normalized spacial score (nSPS) is 18.7. The lowest BCUT2D eigenvalue weighted by atomic mass is 9.99. The molecule has 1 fully saturated rings. The van der Waals surface area contributed by atoms with Crippen molar-refractivity contribution in [2.45, 2.75) is 25.9 Å². The van der Waals surface area contributed by atoms with Crippen LogP contribution in [0.3, 0.4) is 0 Å². The van der Waals surface area contributed by atoms with Crippen molar-refractivity contribution in [2.24, 2.45) is 0 Å². The number of carbonyl (C=O) groups excluding carboxylic acids is 1. The second kappa shape index (κ2) is 7.76. The Morgan fingerprint density at radius 3 is 2.48 bits per heavy atom. The highest BCUT2D eigenvalue weighted by Crippen LogP contribution is 2.29. The molecule has 0 radical (unpaired) electrons. The van der Waals surface area contributed by atoms with Crippen LogP contribution in [0.4, 0.5) is 5.13 Å². The summed E-state index contributed by atoms with van der Waals surface area (Å²) in [5.74, 6) is 0.257. The summed E-state index contributed by atoms with van der Waals surface area (Å²) >= 11 is 1.76. The molecule has 0 N–H and O–H groups in total. The molecule has 0 saturated carbocycles. The number of hydrogen-bond donors (Lipinski definition) is 0. The van der Waals surface area contributed by atoms with Crippen LogP contribution in [0.15, 0.2) is 48.5 Å². The number of benzene rings is 2. The van der Waals surface area contributed by atoms with Gasteiger partial charge < -0.3 is 9.80 Å². The molecule has 0 spiro atoms. The Morgan fingerprint density at radius 1 is 0.966 bits per heavy atom. The smallest absolute Gasteiger partial charge is 0.239 e. The number of hydrogen-bond acceptors (Lipinski definition) is 5. The van der Waals surface area contributed by atoms with Crippen molar-refractivity contribution in [1.29, 1.82) is 0 Å². The minimum atomic E-state index is -0.0715. The average molecular weight is 407 g/mol. The molecule has 3 aromatic rings. The average Bonchev–Trinajstić information content (AvgIpc) is 3.22. The quantitative estimate of drug-likeness (QED) is 0.668. The summed E-state index contributed by atoms with van der Waals surface area (Å²) in [5.41, 5.74) is 3.75. The summed E-state index contributed by atoms with van der Waals surface area (Å²) in [5, 5.41) is 1.09. The van der Waals surface area contributed by atoms with Gasteiger partial charge in [-0.3, -0.25) is 9.69 Å². The van der Waals surface area contributed by atoms with Gasteiger partial charge in [0.1, 0.15) is 0 Å². The van der Waals surface area contributed by atoms with E-state index in [1.165, 1.54) is 15.8 Å². The number of anilines is 1. The number of para-hydroxylation sites is 1. The van der Waals surface area contributed by atoms with Gasteiger partial charge in [0, 0.05) is 39.3 Å². The molecule has 1 unspecified atom stereocenters. The lowest BCUT2D eigenvalue weighted by Gasteiger charge is -2.39. The first-order valence-electron chi connectivity index (χ1n) is 10.4. The number of rotatable bonds is 3. The van der Waals surface area contributed by atoms with E-state index < -0.39 is 0 Å². The lowest BCUT2D eigenvalue weighted by Crippen LogP contribution is -2.55. The molecule has 3 heterocycles. The van der Waals surface area contributed by atoms with E-state index in [1.54, 1.807) is 11.3 Å². The maximum atomic E-state index is 13.1. The standard InChI is InChI=1S/C23H26N4OS/c1-17(22(28)27-11-10-18-6-2-3-7-19(18)16-27)25-12-14-26(15-13-25)23-24-20-8-4-5-9-21(20)29-23/h2-9,17H,10-16H2,1H3. The number of amides is 1. The van der Waals surface area contributed by atoms with Crippen molar-refractivity contribution in [3.05, 3.63) is 59.7 Å². The maximum Gasteiger partial charge on any atom is 0.239 e. The molecule has 1 aromatic heterocycles. The van der Waals surface area contributed by atoms with Gasteiger partial charge in [-0.25, -0.2) is 4.98 Å². The fourth-order valence-electron chi connectivity index (χ4n) is 4.40. The van der Waals surface area contributed by atoms with Crippen LogP contribution in [0.5, 0.6) is 0 Å². The third kappa shape index (κ3) is 3.63. The Bertz CT molecular complexity index is 991. The second-order valence-corrected chi connectivity index (χ2v) is 8.95. The first-order chi connectivity index (χ1) is 14.2. The van der Waals surface area contributed by atoms with Crippen molar-refractivity contribution in [2.75, 3.05) is 37.6 Å². The second-order valence-electron chi connectivity index (χ2n) is 7.94. The Morgan fingerprint density at radius 2 is 1.69 bits per heavy atom. The van der Waals surface area contributed by atoms with Gasteiger partial charge >= 0.3 is 0 Å².